The maximum absolute atomic E-state index is 13.8. The van der Waals surface area contributed by atoms with Crippen LogP contribution in [0.1, 0.15) is 103 Å². The van der Waals surface area contributed by atoms with Crippen molar-refractivity contribution in [2.45, 2.75) is 123 Å². The summed E-state index contributed by atoms with van der Waals surface area (Å²) in [7, 11) is 0. The van der Waals surface area contributed by atoms with Gasteiger partial charge in [0.05, 0.1) is 52.6 Å². The van der Waals surface area contributed by atoms with Crippen LogP contribution in [0.15, 0.2) is 18.2 Å². The topological polar surface area (TPSA) is 129 Å². The van der Waals surface area contributed by atoms with Crippen LogP contribution in [0.3, 0.4) is 0 Å². The van der Waals surface area contributed by atoms with Crippen molar-refractivity contribution in [2.24, 2.45) is 17.3 Å². The summed E-state index contributed by atoms with van der Waals surface area (Å²) in [5.41, 5.74) is -0.0779. The molecule has 9 heteroatoms. The number of carbonyl (C=O) groups is 2. The van der Waals surface area contributed by atoms with Crippen LogP contribution in [0.25, 0.3) is 10.2 Å². The van der Waals surface area contributed by atoms with Crippen LogP contribution in [0.5, 0.6) is 0 Å². The van der Waals surface area contributed by atoms with E-state index in [1.54, 1.807) is 13.8 Å². The Morgan fingerprint density at radius 3 is 2.62 bits per heavy atom. The summed E-state index contributed by atoms with van der Waals surface area (Å²) in [5, 5.41) is 32.5. The number of nitrogens with zero attached hydrogens (tertiary/aromatic N) is 1. The molecule has 3 heterocycles. The van der Waals surface area contributed by atoms with Gasteiger partial charge in [0.15, 0.2) is 0 Å². The van der Waals surface area contributed by atoms with E-state index >= 15 is 0 Å². The molecule has 8 nitrogen and oxygen atoms in total. The zero-order chi connectivity index (χ0) is 29.2. The van der Waals surface area contributed by atoms with E-state index in [0.717, 1.165) is 47.9 Å². The number of benzene rings is 1. The van der Waals surface area contributed by atoms with Gasteiger partial charge in [0.1, 0.15) is 16.9 Å². The number of aliphatic hydroxyl groups excluding tert-OH is 3. The Morgan fingerprint density at radius 2 is 1.93 bits per heavy atom. The fourth-order valence-electron chi connectivity index (χ4n) is 6.00. The Bertz CT molecular complexity index is 1200. The SMILES string of the molecule is CCCC[C@H]1C(=O)C(C)(C)[C@@H](O)CC(=O)OC(c2ccc3sc(CO)nc3c2)CC2O[C@]2(C)CCC[C@H](C)[C@@H]1O. The molecule has 0 saturated carbocycles. The van der Waals surface area contributed by atoms with E-state index < -0.39 is 35.6 Å². The molecule has 2 fully saturated rings. The van der Waals surface area contributed by atoms with E-state index in [-0.39, 0.29) is 36.4 Å². The first kappa shape index (κ1) is 31.0. The second-order valence-electron chi connectivity index (χ2n) is 12.5. The van der Waals surface area contributed by atoms with Crippen LogP contribution in [-0.4, -0.2) is 56.0 Å². The number of ketones is 1. The molecule has 0 radical (unpaired) electrons. The molecule has 40 heavy (non-hydrogen) atoms. The van der Waals surface area contributed by atoms with E-state index in [4.69, 9.17) is 9.47 Å². The Hall–Kier alpha value is -1.91. The Balaban J connectivity index is 1.62. The number of epoxide rings is 1. The molecule has 2 unspecified atom stereocenters. The quantitative estimate of drug-likeness (QED) is 0.326. The number of cyclic esters (lactones) is 1. The molecule has 0 aliphatic carbocycles. The van der Waals surface area contributed by atoms with Crippen molar-refractivity contribution in [3.8, 4) is 0 Å². The van der Waals surface area contributed by atoms with Crippen molar-refractivity contribution < 1.29 is 34.4 Å². The number of rotatable bonds is 5. The fraction of sp³-hybridized carbons (Fsp3) is 0.710. The van der Waals surface area contributed by atoms with Crippen molar-refractivity contribution in [2.75, 3.05) is 0 Å². The van der Waals surface area contributed by atoms with Crippen LogP contribution in [-0.2, 0) is 25.7 Å². The van der Waals surface area contributed by atoms with E-state index in [2.05, 4.69) is 11.9 Å². The fourth-order valence-corrected chi connectivity index (χ4v) is 6.81. The number of thiazole rings is 1. The average molecular weight is 576 g/mol. The van der Waals surface area contributed by atoms with Gasteiger partial charge < -0.3 is 24.8 Å². The normalized spacial score (nSPS) is 33.9. The standard InChI is InChI=1S/C31H45NO7S/c1-6-7-10-20-28(36)18(2)9-8-13-31(5)25(39-31)15-22(38-27(35)16-24(34)30(3,4)29(20)37)19-11-12-23-21(14-19)32-26(17-33)40-23/h11-12,14,18,20,22,24-25,28,33-34,36H,6-10,13,15-17H2,1-5H3/t18-,20+,22?,24-,25?,28-,31+/m0/s1. The average Bonchev–Trinajstić information content (AvgIpc) is 3.35. The lowest BCUT2D eigenvalue weighted by atomic mass is 9.71. The lowest BCUT2D eigenvalue weighted by molar-refractivity contribution is -0.156. The van der Waals surface area contributed by atoms with Crippen molar-refractivity contribution in [3.63, 3.8) is 0 Å². The molecule has 2 aromatic rings. The number of aromatic nitrogens is 1. The lowest BCUT2D eigenvalue weighted by Crippen LogP contribution is -2.46. The van der Waals surface area contributed by atoms with Gasteiger partial charge >= 0.3 is 5.97 Å². The number of fused-ring (bicyclic) bond motifs is 2. The van der Waals surface area contributed by atoms with Crippen LogP contribution < -0.4 is 0 Å². The smallest absolute Gasteiger partial charge is 0.309 e. The number of aliphatic hydroxyl groups is 3. The first-order valence-corrected chi connectivity index (χ1v) is 15.5. The molecular weight excluding hydrogens is 530 g/mol. The number of ether oxygens (including phenoxy) is 2. The highest BCUT2D eigenvalue weighted by atomic mass is 32.1. The number of Topliss-reactive ketones (excluding diaryl/α,β-unsaturated/α-hetero) is 1. The summed E-state index contributed by atoms with van der Waals surface area (Å²) in [6, 6.07) is 5.70. The Labute approximate surface area is 241 Å². The Morgan fingerprint density at radius 1 is 1.18 bits per heavy atom. The predicted molar refractivity (Wildman–Crippen MR) is 154 cm³/mol. The van der Waals surface area contributed by atoms with Crippen molar-refractivity contribution in [3.05, 3.63) is 28.8 Å². The van der Waals surface area contributed by atoms with Gasteiger partial charge in [0.25, 0.3) is 0 Å². The van der Waals surface area contributed by atoms with Crippen molar-refractivity contribution >= 4 is 33.3 Å². The molecule has 222 valence electrons. The van der Waals surface area contributed by atoms with Gasteiger partial charge in [0.2, 0.25) is 0 Å². The molecule has 2 aliphatic heterocycles. The van der Waals surface area contributed by atoms with Gasteiger partial charge in [-0.2, -0.15) is 0 Å². The molecule has 7 atom stereocenters. The van der Waals surface area contributed by atoms with Crippen LogP contribution >= 0.6 is 11.3 Å². The zero-order valence-corrected chi connectivity index (χ0v) is 25.2. The second-order valence-corrected chi connectivity index (χ2v) is 13.7. The highest BCUT2D eigenvalue weighted by Gasteiger charge is 2.53. The van der Waals surface area contributed by atoms with E-state index in [0.29, 0.717) is 17.8 Å². The molecule has 2 saturated heterocycles. The minimum absolute atomic E-state index is 0.0844. The third kappa shape index (κ3) is 6.76. The number of hydrogen-bond acceptors (Lipinski definition) is 9. The maximum atomic E-state index is 13.8. The maximum Gasteiger partial charge on any atom is 0.309 e. The van der Waals surface area contributed by atoms with E-state index in [1.165, 1.54) is 11.3 Å². The summed E-state index contributed by atoms with van der Waals surface area (Å²) in [5.74, 6) is -1.50. The minimum Gasteiger partial charge on any atom is -0.457 e. The third-order valence-electron chi connectivity index (χ3n) is 9.06. The monoisotopic (exact) mass is 575 g/mol. The van der Waals surface area contributed by atoms with Crippen LogP contribution in [0.2, 0.25) is 0 Å². The van der Waals surface area contributed by atoms with Gasteiger partial charge in [-0.25, -0.2) is 4.98 Å². The first-order valence-electron chi connectivity index (χ1n) is 14.7. The van der Waals surface area contributed by atoms with Gasteiger partial charge in [-0.05, 0) is 49.8 Å². The van der Waals surface area contributed by atoms with Crippen LogP contribution in [0.4, 0.5) is 0 Å². The molecule has 0 amide bonds. The molecule has 4 rings (SSSR count). The summed E-state index contributed by atoms with van der Waals surface area (Å²) < 4.78 is 13.0. The minimum atomic E-state index is -1.26. The molecule has 1 aromatic heterocycles. The van der Waals surface area contributed by atoms with Gasteiger partial charge in [-0.1, -0.05) is 53.0 Å². The molecule has 1 aromatic carbocycles. The van der Waals surface area contributed by atoms with E-state index in [1.807, 2.05) is 32.0 Å². The Kier molecular flexibility index (Phi) is 9.72. The first-order chi connectivity index (χ1) is 18.9. The molecule has 0 spiro atoms. The number of carbonyl (C=O) groups excluding carboxylic acids is 2. The summed E-state index contributed by atoms with van der Waals surface area (Å²) in [4.78, 5) is 31.5. The lowest BCUT2D eigenvalue weighted by Gasteiger charge is -2.36. The third-order valence-corrected chi connectivity index (χ3v) is 10.1. The molecule has 3 N–H and O–H groups in total. The highest BCUT2D eigenvalue weighted by Crippen LogP contribution is 2.47. The largest absolute Gasteiger partial charge is 0.457 e. The van der Waals surface area contributed by atoms with Crippen molar-refractivity contribution in [1.29, 1.82) is 0 Å². The highest BCUT2D eigenvalue weighted by molar-refractivity contribution is 7.18. The summed E-state index contributed by atoms with van der Waals surface area (Å²) >= 11 is 1.42. The van der Waals surface area contributed by atoms with Gasteiger partial charge in [-0.15, -0.1) is 11.3 Å². The second kappa shape index (κ2) is 12.5. The zero-order valence-electron chi connectivity index (χ0n) is 24.4. The van der Waals surface area contributed by atoms with Crippen molar-refractivity contribution in [1.82, 2.24) is 4.98 Å². The number of esters is 1. The van der Waals surface area contributed by atoms with E-state index in [9.17, 15) is 24.9 Å². The summed E-state index contributed by atoms with van der Waals surface area (Å²) in [6.45, 7) is 9.28. The number of unbranched alkanes of at least 4 members (excludes halogenated alkanes) is 1. The van der Waals surface area contributed by atoms with Gasteiger partial charge in [0, 0.05) is 12.3 Å². The number of hydrogen-bond donors (Lipinski definition) is 3. The predicted octanol–water partition coefficient (Wildman–Crippen LogP) is 5.25. The van der Waals surface area contributed by atoms with Crippen LogP contribution in [0, 0.1) is 17.3 Å². The molecule has 0 bridgehead atoms. The summed E-state index contributed by atoms with van der Waals surface area (Å²) in [6.07, 6.45) is 1.98. The molecular formula is C31H45NO7S. The van der Waals surface area contributed by atoms with Gasteiger partial charge in [-0.3, -0.25) is 9.59 Å². The molecule has 2 aliphatic rings.